The van der Waals surface area contributed by atoms with E-state index in [0.717, 1.165) is 26.8 Å². The third kappa shape index (κ3) is 3.15. The van der Waals surface area contributed by atoms with Crippen molar-refractivity contribution >= 4 is 44.6 Å². The van der Waals surface area contributed by atoms with Crippen LogP contribution in [0.1, 0.15) is 4.88 Å². The summed E-state index contributed by atoms with van der Waals surface area (Å²) in [4.78, 5) is 1.17. The Labute approximate surface area is 118 Å². The molecule has 0 bridgehead atoms. The Morgan fingerprint density at radius 2 is 2.18 bits per heavy atom. The summed E-state index contributed by atoms with van der Waals surface area (Å²) in [5.74, 6) is 0.842. The summed E-state index contributed by atoms with van der Waals surface area (Å²) in [5.41, 5.74) is 0.982. The van der Waals surface area contributed by atoms with Gasteiger partial charge in [0, 0.05) is 15.9 Å². The lowest BCUT2D eigenvalue weighted by Gasteiger charge is -2.09. The van der Waals surface area contributed by atoms with E-state index < -0.39 is 0 Å². The summed E-state index contributed by atoms with van der Waals surface area (Å²) in [7, 11) is 1.67. The maximum Gasteiger partial charge on any atom is 0.141 e. The van der Waals surface area contributed by atoms with Crippen LogP contribution in [0.15, 0.2) is 34.8 Å². The molecule has 0 unspecified atom stereocenters. The Morgan fingerprint density at radius 3 is 2.82 bits per heavy atom. The minimum atomic E-state index is 0.732. The Kier molecular flexibility index (Phi) is 4.31. The van der Waals surface area contributed by atoms with Gasteiger partial charge in [-0.2, -0.15) is 0 Å². The van der Waals surface area contributed by atoms with E-state index in [0.29, 0.717) is 0 Å². The van der Waals surface area contributed by atoms with Crippen molar-refractivity contribution in [2.75, 3.05) is 12.4 Å². The van der Waals surface area contributed by atoms with E-state index in [1.165, 1.54) is 4.88 Å². The zero-order valence-corrected chi connectivity index (χ0v) is 12.3. The topological polar surface area (TPSA) is 21.3 Å². The molecular weight excluding hydrogens is 322 g/mol. The molecule has 1 heterocycles. The van der Waals surface area contributed by atoms with Crippen molar-refractivity contribution < 1.29 is 4.74 Å². The minimum Gasteiger partial charge on any atom is -0.495 e. The highest BCUT2D eigenvalue weighted by atomic mass is 79.9. The van der Waals surface area contributed by atoms with Gasteiger partial charge in [0.2, 0.25) is 0 Å². The highest BCUT2D eigenvalue weighted by molar-refractivity contribution is 9.10. The van der Waals surface area contributed by atoms with E-state index in [-0.39, 0.29) is 0 Å². The second-order valence-corrected chi connectivity index (χ2v) is 5.98. The van der Waals surface area contributed by atoms with Crippen molar-refractivity contribution in [2.45, 2.75) is 6.54 Å². The van der Waals surface area contributed by atoms with Gasteiger partial charge in [0.25, 0.3) is 0 Å². The summed E-state index contributed by atoms with van der Waals surface area (Å²) >= 11 is 10.9. The summed E-state index contributed by atoms with van der Waals surface area (Å²) in [6.45, 7) is 0.732. The van der Waals surface area contributed by atoms with Crippen molar-refractivity contribution in [1.29, 1.82) is 0 Å². The van der Waals surface area contributed by atoms with Gasteiger partial charge in [-0.15, -0.1) is 11.3 Å². The normalized spacial score (nSPS) is 10.3. The number of ether oxygens (including phenoxy) is 1. The van der Waals surface area contributed by atoms with Gasteiger partial charge >= 0.3 is 0 Å². The molecular formula is C12H11BrClNOS. The summed E-state index contributed by atoms with van der Waals surface area (Å²) in [5, 5.41) is 3.33. The van der Waals surface area contributed by atoms with Crippen LogP contribution in [0.2, 0.25) is 4.34 Å². The van der Waals surface area contributed by atoms with E-state index in [4.69, 9.17) is 16.3 Å². The van der Waals surface area contributed by atoms with Crippen LogP contribution in [0, 0.1) is 0 Å². The number of methoxy groups -OCH3 is 1. The third-order valence-electron chi connectivity index (χ3n) is 2.26. The van der Waals surface area contributed by atoms with Crippen LogP contribution in [0.25, 0.3) is 0 Å². The number of rotatable bonds is 4. The predicted octanol–water partition coefficient (Wildman–Crippen LogP) is 4.78. The average Bonchev–Trinajstić information content (AvgIpc) is 2.66. The molecule has 2 aromatic rings. The first-order valence-electron chi connectivity index (χ1n) is 5.01. The van der Waals surface area contributed by atoms with E-state index in [2.05, 4.69) is 21.2 Å². The highest BCUT2D eigenvalue weighted by Crippen LogP contribution is 2.33. The van der Waals surface area contributed by atoms with Crippen molar-refractivity contribution in [3.05, 3.63) is 44.0 Å². The van der Waals surface area contributed by atoms with Crippen molar-refractivity contribution in [3.63, 3.8) is 0 Å². The molecule has 0 amide bonds. The molecule has 0 atom stereocenters. The Bertz CT molecular complexity index is 495. The first-order chi connectivity index (χ1) is 8.20. The number of thiophene rings is 1. The number of para-hydroxylation sites is 2. The third-order valence-corrected chi connectivity index (χ3v) is 4.73. The van der Waals surface area contributed by atoms with E-state index >= 15 is 0 Å². The van der Waals surface area contributed by atoms with Gasteiger partial charge in [-0.25, -0.2) is 0 Å². The molecule has 0 saturated carbocycles. The lowest BCUT2D eigenvalue weighted by Crippen LogP contribution is -1.99. The standard InChI is InChI=1S/C12H11BrClNOS/c1-16-11-5-3-2-4-10(11)15-7-8-6-9(13)12(14)17-8/h2-6,15H,7H2,1H3. The number of anilines is 1. The molecule has 1 aromatic carbocycles. The molecule has 0 saturated heterocycles. The number of hydrogen-bond acceptors (Lipinski definition) is 3. The minimum absolute atomic E-state index is 0.732. The monoisotopic (exact) mass is 331 g/mol. The van der Waals surface area contributed by atoms with Gasteiger partial charge in [-0.05, 0) is 34.1 Å². The van der Waals surface area contributed by atoms with Gasteiger partial charge in [0.05, 0.1) is 12.8 Å². The molecule has 2 rings (SSSR count). The van der Waals surface area contributed by atoms with Crippen molar-refractivity contribution in [1.82, 2.24) is 0 Å². The fourth-order valence-electron chi connectivity index (χ4n) is 1.45. The quantitative estimate of drug-likeness (QED) is 0.869. The van der Waals surface area contributed by atoms with Gasteiger partial charge < -0.3 is 10.1 Å². The summed E-state index contributed by atoms with van der Waals surface area (Å²) in [6.07, 6.45) is 0. The average molecular weight is 333 g/mol. The zero-order chi connectivity index (χ0) is 12.3. The maximum absolute atomic E-state index is 5.99. The van der Waals surface area contributed by atoms with E-state index in [1.807, 2.05) is 30.3 Å². The second-order valence-electron chi connectivity index (χ2n) is 3.39. The van der Waals surface area contributed by atoms with Crippen LogP contribution in [0.4, 0.5) is 5.69 Å². The van der Waals surface area contributed by atoms with E-state index in [1.54, 1.807) is 18.4 Å². The lowest BCUT2D eigenvalue weighted by molar-refractivity contribution is 0.416. The number of nitrogens with one attached hydrogen (secondary N) is 1. The highest BCUT2D eigenvalue weighted by Gasteiger charge is 2.05. The Balaban J connectivity index is 2.07. The molecule has 1 N–H and O–H groups in total. The predicted molar refractivity (Wildman–Crippen MR) is 77.3 cm³/mol. The van der Waals surface area contributed by atoms with Crippen LogP contribution in [-0.2, 0) is 6.54 Å². The van der Waals surface area contributed by atoms with Crippen LogP contribution >= 0.6 is 38.9 Å². The molecule has 5 heteroatoms. The molecule has 0 aliphatic heterocycles. The molecule has 17 heavy (non-hydrogen) atoms. The van der Waals surface area contributed by atoms with Gasteiger partial charge in [-0.3, -0.25) is 0 Å². The van der Waals surface area contributed by atoms with Crippen molar-refractivity contribution in [3.8, 4) is 5.75 Å². The van der Waals surface area contributed by atoms with Crippen LogP contribution in [0.3, 0.4) is 0 Å². The van der Waals surface area contributed by atoms with Gasteiger partial charge in [0.1, 0.15) is 10.1 Å². The summed E-state index contributed by atoms with van der Waals surface area (Å²) in [6, 6.07) is 9.86. The van der Waals surface area contributed by atoms with E-state index in [9.17, 15) is 0 Å². The SMILES string of the molecule is COc1ccccc1NCc1cc(Br)c(Cl)s1. The molecule has 0 aliphatic carbocycles. The number of hydrogen-bond donors (Lipinski definition) is 1. The fraction of sp³-hybridized carbons (Fsp3) is 0.167. The molecule has 0 aliphatic rings. The van der Waals surface area contributed by atoms with Crippen LogP contribution in [0.5, 0.6) is 5.75 Å². The Hall–Kier alpha value is -0.710. The fourth-order valence-corrected chi connectivity index (χ4v) is 3.18. The largest absolute Gasteiger partial charge is 0.495 e. The molecule has 1 aromatic heterocycles. The summed E-state index contributed by atoms with van der Waals surface area (Å²) < 4.78 is 6.99. The van der Waals surface area contributed by atoms with Crippen molar-refractivity contribution in [2.24, 2.45) is 0 Å². The first-order valence-corrected chi connectivity index (χ1v) is 7.00. The lowest BCUT2D eigenvalue weighted by atomic mass is 10.3. The van der Waals surface area contributed by atoms with Crippen LogP contribution < -0.4 is 10.1 Å². The number of benzene rings is 1. The zero-order valence-electron chi connectivity index (χ0n) is 9.17. The smallest absolute Gasteiger partial charge is 0.141 e. The van der Waals surface area contributed by atoms with Gasteiger partial charge in [-0.1, -0.05) is 23.7 Å². The molecule has 0 fully saturated rings. The first kappa shape index (κ1) is 12.7. The van der Waals surface area contributed by atoms with Gasteiger partial charge in [0.15, 0.2) is 0 Å². The molecule has 90 valence electrons. The second kappa shape index (κ2) is 5.76. The molecule has 0 spiro atoms. The molecule has 2 nitrogen and oxygen atoms in total. The number of halogens is 2. The maximum atomic E-state index is 5.99. The Morgan fingerprint density at radius 1 is 1.41 bits per heavy atom. The molecule has 0 radical (unpaired) electrons. The van der Waals surface area contributed by atoms with Crippen LogP contribution in [-0.4, -0.2) is 7.11 Å².